The third kappa shape index (κ3) is 2.81. The minimum atomic E-state index is -0.968. The first-order valence-electron chi connectivity index (χ1n) is 5.00. The molecule has 0 aromatic rings. The van der Waals surface area contributed by atoms with Gasteiger partial charge in [0.1, 0.15) is 17.8 Å². The lowest BCUT2D eigenvalue weighted by molar-refractivity contribution is -0.160. The van der Waals surface area contributed by atoms with Gasteiger partial charge in [0.2, 0.25) is 0 Å². The molecular weight excluding hydrogens is 216 g/mol. The molecule has 84 valence electrons. The van der Waals surface area contributed by atoms with Crippen LogP contribution < -0.4 is 0 Å². The maximum atomic E-state index is 11.7. The highest BCUT2D eigenvalue weighted by atomic mass is 35.5. The van der Waals surface area contributed by atoms with E-state index in [-0.39, 0.29) is 17.4 Å². The number of hydrogen-bond acceptors (Lipinski definition) is 3. The van der Waals surface area contributed by atoms with Crippen molar-refractivity contribution in [3.63, 3.8) is 0 Å². The van der Waals surface area contributed by atoms with Gasteiger partial charge in [-0.25, -0.2) is 0 Å². The molecule has 1 saturated carbocycles. The van der Waals surface area contributed by atoms with Crippen molar-refractivity contribution in [1.29, 1.82) is 0 Å². The second kappa shape index (κ2) is 4.79. The van der Waals surface area contributed by atoms with Crippen molar-refractivity contribution in [3.05, 3.63) is 11.6 Å². The highest BCUT2D eigenvalue weighted by Crippen LogP contribution is 2.34. The Morgan fingerprint density at radius 2 is 2.27 bits per heavy atom. The predicted octanol–water partition coefficient (Wildman–Crippen LogP) is 2.43. The van der Waals surface area contributed by atoms with Gasteiger partial charge in [-0.3, -0.25) is 9.59 Å². The molecular formula is C11H15ClO3. The first-order chi connectivity index (χ1) is 6.97. The molecule has 0 saturated heterocycles. The number of ketones is 1. The molecule has 1 rings (SSSR count). The summed E-state index contributed by atoms with van der Waals surface area (Å²) in [6.45, 7) is 5.04. The quantitative estimate of drug-likeness (QED) is 0.553. The zero-order valence-electron chi connectivity index (χ0n) is 8.85. The minimum Gasteiger partial charge on any atom is -0.459 e. The fraction of sp³-hybridized carbons (Fsp3) is 0.636. The van der Waals surface area contributed by atoms with Crippen LogP contribution in [0.3, 0.4) is 0 Å². The van der Waals surface area contributed by atoms with Crippen LogP contribution in [0, 0.1) is 5.41 Å². The molecule has 0 aliphatic heterocycles. The lowest BCUT2D eigenvalue weighted by atomic mass is 9.75. The molecule has 3 nitrogen and oxygen atoms in total. The molecule has 1 atom stereocenters. The molecule has 15 heavy (non-hydrogen) atoms. The number of hydrogen-bond donors (Lipinski definition) is 0. The molecule has 1 aliphatic carbocycles. The molecule has 0 heterocycles. The van der Waals surface area contributed by atoms with Gasteiger partial charge < -0.3 is 4.74 Å². The Labute approximate surface area is 94.4 Å². The Bertz CT molecular complexity index is 298. The topological polar surface area (TPSA) is 43.4 Å². The standard InChI is InChI=1S/C11H15ClO3/c1-8(12)7-15-10(14)11(2)6-4-3-5-9(11)13/h1,3-7H2,2H3. The molecule has 0 aromatic carbocycles. The van der Waals surface area contributed by atoms with Gasteiger partial charge in [-0.15, -0.1) is 0 Å². The number of rotatable bonds is 3. The van der Waals surface area contributed by atoms with Crippen molar-refractivity contribution >= 4 is 23.4 Å². The van der Waals surface area contributed by atoms with Gasteiger partial charge in [-0.05, 0) is 19.8 Å². The SMILES string of the molecule is C=C(Cl)COC(=O)C1(C)CCCCC1=O. The van der Waals surface area contributed by atoms with Gasteiger partial charge in [0.15, 0.2) is 0 Å². The predicted molar refractivity (Wildman–Crippen MR) is 57.5 cm³/mol. The van der Waals surface area contributed by atoms with E-state index in [1.807, 2.05) is 0 Å². The summed E-state index contributed by atoms with van der Waals surface area (Å²) < 4.78 is 4.93. The first kappa shape index (κ1) is 12.2. The van der Waals surface area contributed by atoms with Crippen molar-refractivity contribution in [3.8, 4) is 0 Å². The summed E-state index contributed by atoms with van der Waals surface area (Å²) in [6.07, 6.45) is 2.79. The zero-order valence-corrected chi connectivity index (χ0v) is 9.60. The molecule has 1 unspecified atom stereocenters. The number of ether oxygens (including phenoxy) is 1. The largest absolute Gasteiger partial charge is 0.459 e. The van der Waals surface area contributed by atoms with Crippen molar-refractivity contribution in [2.24, 2.45) is 5.41 Å². The number of esters is 1. The van der Waals surface area contributed by atoms with E-state index in [1.165, 1.54) is 0 Å². The molecule has 4 heteroatoms. The molecule has 0 bridgehead atoms. The maximum absolute atomic E-state index is 11.7. The van der Waals surface area contributed by atoms with Crippen LogP contribution in [0.25, 0.3) is 0 Å². The van der Waals surface area contributed by atoms with E-state index < -0.39 is 11.4 Å². The van der Waals surface area contributed by atoms with Crippen molar-refractivity contribution < 1.29 is 14.3 Å². The van der Waals surface area contributed by atoms with Crippen LogP contribution in [0.4, 0.5) is 0 Å². The fourth-order valence-electron chi connectivity index (χ4n) is 1.70. The van der Waals surface area contributed by atoms with Gasteiger partial charge in [-0.1, -0.05) is 24.6 Å². The average Bonchev–Trinajstić information content (AvgIpc) is 2.19. The molecule has 0 aromatic heterocycles. The summed E-state index contributed by atoms with van der Waals surface area (Å²) in [5.74, 6) is -0.507. The van der Waals surface area contributed by atoms with Gasteiger partial charge >= 0.3 is 5.97 Å². The summed E-state index contributed by atoms with van der Waals surface area (Å²) >= 11 is 5.49. The Morgan fingerprint density at radius 3 is 2.80 bits per heavy atom. The highest BCUT2D eigenvalue weighted by molar-refractivity contribution is 6.29. The lowest BCUT2D eigenvalue weighted by Crippen LogP contribution is -2.40. The second-order valence-electron chi connectivity index (χ2n) is 4.06. The van der Waals surface area contributed by atoms with Crippen LogP contribution in [0.15, 0.2) is 11.6 Å². The number of halogens is 1. The fourth-order valence-corrected chi connectivity index (χ4v) is 1.75. The minimum absolute atomic E-state index is 0.0245. The van der Waals surface area contributed by atoms with Crippen LogP contribution in [-0.2, 0) is 14.3 Å². The average molecular weight is 231 g/mol. The first-order valence-corrected chi connectivity index (χ1v) is 5.38. The molecule has 0 amide bonds. The summed E-state index contributed by atoms with van der Waals surface area (Å²) in [7, 11) is 0. The highest BCUT2D eigenvalue weighted by Gasteiger charge is 2.43. The van der Waals surface area contributed by atoms with E-state index in [4.69, 9.17) is 16.3 Å². The van der Waals surface area contributed by atoms with Crippen LogP contribution in [0.2, 0.25) is 0 Å². The Morgan fingerprint density at radius 1 is 1.60 bits per heavy atom. The number of Topliss-reactive ketones (excluding diaryl/α,β-unsaturated/α-hetero) is 1. The second-order valence-corrected chi connectivity index (χ2v) is 4.59. The smallest absolute Gasteiger partial charge is 0.319 e. The molecule has 1 aliphatic rings. The summed E-state index contributed by atoms with van der Waals surface area (Å²) in [4.78, 5) is 23.3. The van der Waals surface area contributed by atoms with E-state index in [1.54, 1.807) is 6.92 Å². The van der Waals surface area contributed by atoms with Crippen LogP contribution in [0.5, 0.6) is 0 Å². The molecule has 0 spiro atoms. The third-order valence-electron chi connectivity index (χ3n) is 2.76. The van der Waals surface area contributed by atoms with Crippen LogP contribution in [0.1, 0.15) is 32.6 Å². The number of carbonyl (C=O) groups excluding carboxylic acids is 2. The van der Waals surface area contributed by atoms with Crippen LogP contribution >= 0.6 is 11.6 Å². The summed E-state index contributed by atoms with van der Waals surface area (Å²) in [5, 5.41) is 0.259. The normalized spacial score (nSPS) is 26.1. The monoisotopic (exact) mass is 230 g/mol. The van der Waals surface area contributed by atoms with Gasteiger partial charge in [0, 0.05) is 11.5 Å². The van der Waals surface area contributed by atoms with E-state index in [0.29, 0.717) is 12.8 Å². The van der Waals surface area contributed by atoms with Gasteiger partial charge in [-0.2, -0.15) is 0 Å². The Balaban J connectivity index is 2.63. The van der Waals surface area contributed by atoms with Gasteiger partial charge in [0.25, 0.3) is 0 Å². The van der Waals surface area contributed by atoms with E-state index in [0.717, 1.165) is 12.8 Å². The maximum Gasteiger partial charge on any atom is 0.319 e. The Kier molecular flexibility index (Phi) is 3.91. The summed E-state index contributed by atoms with van der Waals surface area (Å²) in [6, 6.07) is 0. The molecule has 1 fully saturated rings. The third-order valence-corrected chi connectivity index (χ3v) is 2.87. The van der Waals surface area contributed by atoms with E-state index in [9.17, 15) is 9.59 Å². The summed E-state index contributed by atoms with van der Waals surface area (Å²) in [5.41, 5.74) is -0.968. The number of carbonyl (C=O) groups is 2. The molecule has 0 radical (unpaired) electrons. The van der Waals surface area contributed by atoms with Gasteiger partial charge in [0.05, 0.1) is 0 Å². The van der Waals surface area contributed by atoms with E-state index >= 15 is 0 Å². The van der Waals surface area contributed by atoms with Crippen molar-refractivity contribution in [2.45, 2.75) is 32.6 Å². The van der Waals surface area contributed by atoms with Crippen molar-refractivity contribution in [2.75, 3.05) is 6.61 Å². The van der Waals surface area contributed by atoms with Crippen LogP contribution in [-0.4, -0.2) is 18.4 Å². The van der Waals surface area contributed by atoms with E-state index in [2.05, 4.69) is 6.58 Å². The van der Waals surface area contributed by atoms with Crippen molar-refractivity contribution in [1.82, 2.24) is 0 Å². The lowest BCUT2D eigenvalue weighted by Gasteiger charge is -2.29. The molecule has 0 N–H and O–H groups in total. The Hall–Kier alpha value is -0.830. The zero-order chi connectivity index (χ0) is 11.5.